The summed E-state index contributed by atoms with van der Waals surface area (Å²) < 4.78 is 6.20. The molecule has 0 aliphatic heterocycles. The highest BCUT2D eigenvalue weighted by Crippen LogP contribution is 2.09. The normalized spacial score (nSPS) is 10.4. The highest BCUT2D eigenvalue weighted by atomic mass is 16.5. The summed E-state index contributed by atoms with van der Waals surface area (Å²) in [6.45, 7) is -0.0753. The maximum atomic E-state index is 12.1. The zero-order valence-corrected chi connectivity index (χ0v) is 12.2. The minimum absolute atomic E-state index is 0.146. The number of fused-ring (bicyclic) bond motifs is 1. The van der Waals surface area contributed by atoms with Gasteiger partial charge in [-0.15, -0.1) is 5.10 Å². The minimum Gasteiger partial charge on any atom is -0.445 e. The Balaban J connectivity index is 1.53. The zero-order valence-electron chi connectivity index (χ0n) is 12.2. The fourth-order valence-corrected chi connectivity index (χ4v) is 2.05. The summed E-state index contributed by atoms with van der Waals surface area (Å²) in [6, 6.07) is 16.4. The maximum Gasteiger partial charge on any atom is 0.407 e. The molecule has 0 spiro atoms. The Bertz CT molecular complexity index is 829. The third-order valence-electron chi connectivity index (χ3n) is 3.18. The van der Waals surface area contributed by atoms with E-state index in [1.807, 2.05) is 36.4 Å². The van der Waals surface area contributed by atoms with Crippen LogP contribution in [0.1, 0.15) is 10.4 Å². The molecule has 0 bridgehead atoms. The number of hydrogen-bond acceptors (Lipinski definition) is 5. The number of benzene rings is 2. The lowest BCUT2D eigenvalue weighted by Crippen LogP contribution is -2.33. The van der Waals surface area contributed by atoms with Crippen LogP contribution in [0.3, 0.4) is 0 Å². The van der Waals surface area contributed by atoms with Crippen molar-refractivity contribution in [3.63, 3.8) is 0 Å². The quantitative estimate of drug-likeness (QED) is 0.796. The minimum atomic E-state index is -0.661. The van der Waals surface area contributed by atoms with E-state index in [-0.39, 0.29) is 13.2 Å². The molecule has 1 N–H and O–H groups in total. The van der Waals surface area contributed by atoms with Gasteiger partial charge < -0.3 is 10.1 Å². The van der Waals surface area contributed by atoms with Crippen molar-refractivity contribution in [2.45, 2.75) is 6.61 Å². The van der Waals surface area contributed by atoms with Gasteiger partial charge in [0.25, 0.3) is 5.91 Å². The van der Waals surface area contributed by atoms with E-state index in [1.54, 1.807) is 18.2 Å². The Kier molecular flexibility index (Phi) is 4.28. The predicted octanol–water partition coefficient (Wildman–Crippen LogP) is 2.00. The van der Waals surface area contributed by atoms with Gasteiger partial charge in [0.2, 0.25) is 0 Å². The number of carbonyl (C=O) groups excluding carboxylic acids is 2. The van der Waals surface area contributed by atoms with Crippen LogP contribution < -0.4 is 5.32 Å². The van der Waals surface area contributed by atoms with Gasteiger partial charge >= 0.3 is 6.09 Å². The molecular formula is C16H14N4O3. The molecule has 2 aromatic carbocycles. The lowest BCUT2D eigenvalue weighted by atomic mass is 10.2. The van der Waals surface area contributed by atoms with Crippen molar-refractivity contribution in [3.05, 3.63) is 60.2 Å². The van der Waals surface area contributed by atoms with E-state index in [0.29, 0.717) is 11.0 Å². The third-order valence-corrected chi connectivity index (χ3v) is 3.18. The van der Waals surface area contributed by atoms with Crippen molar-refractivity contribution in [3.8, 4) is 0 Å². The maximum absolute atomic E-state index is 12.1. The molecule has 7 heteroatoms. The topological polar surface area (TPSA) is 86.1 Å². The second-order valence-corrected chi connectivity index (χ2v) is 4.80. The molecule has 3 rings (SSSR count). The Labute approximate surface area is 131 Å². The highest BCUT2D eigenvalue weighted by Gasteiger charge is 2.13. The molecule has 1 heterocycles. The smallest absolute Gasteiger partial charge is 0.407 e. The predicted molar refractivity (Wildman–Crippen MR) is 82.8 cm³/mol. The van der Waals surface area contributed by atoms with Crippen LogP contribution in [0.15, 0.2) is 54.6 Å². The molecule has 1 aromatic heterocycles. The average molecular weight is 310 g/mol. The van der Waals surface area contributed by atoms with Gasteiger partial charge in [0, 0.05) is 0 Å². The Hall–Kier alpha value is -3.22. The van der Waals surface area contributed by atoms with Gasteiger partial charge in [0.15, 0.2) is 0 Å². The summed E-state index contributed by atoms with van der Waals surface area (Å²) in [4.78, 5) is 23.7. The van der Waals surface area contributed by atoms with Gasteiger partial charge in [0.1, 0.15) is 18.7 Å². The molecule has 116 valence electrons. The first-order valence-electron chi connectivity index (χ1n) is 7.02. The van der Waals surface area contributed by atoms with Crippen LogP contribution in [0.5, 0.6) is 0 Å². The largest absolute Gasteiger partial charge is 0.445 e. The second-order valence-electron chi connectivity index (χ2n) is 4.80. The Morgan fingerprint density at radius 2 is 1.78 bits per heavy atom. The Morgan fingerprint density at radius 3 is 2.61 bits per heavy atom. The first kappa shape index (κ1) is 14.7. The summed E-state index contributed by atoms with van der Waals surface area (Å²) >= 11 is 0. The molecule has 7 nitrogen and oxygen atoms in total. The van der Waals surface area contributed by atoms with Gasteiger partial charge in [-0.25, -0.2) is 4.79 Å². The van der Waals surface area contributed by atoms with Crippen molar-refractivity contribution in [1.29, 1.82) is 0 Å². The number of rotatable bonds is 4. The van der Waals surface area contributed by atoms with Crippen molar-refractivity contribution >= 4 is 23.0 Å². The van der Waals surface area contributed by atoms with Crippen LogP contribution in [-0.2, 0) is 11.3 Å². The summed E-state index contributed by atoms with van der Waals surface area (Å²) in [5.41, 5.74) is 2.08. The van der Waals surface area contributed by atoms with Crippen LogP contribution in [0.2, 0.25) is 0 Å². The fraction of sp³-hybridized carbons (Fsp3) is 0.125. The van der Waals surface area contributed by atoms with Gasteiger partial charge in [-0.1, -0.05) is 47.7 Å². The summed E-state index contributed by atoms with van der Waals surface area (Å²) in [5.74, 6) is -0.393. The van der Waals surface area contributed by atoms with Crippen LogP contribution in [-0.4, -0.2) is 33.5 Å². The number of amides is 1. The summed E-state index contributed by atoms with van der Waals surface area (Å²) in [6.07, 6.45) is -0.661. The number of ether oxygens (including phenoxy) is 1. The molecule has 0 saturated carbocycles. The molecule has 1 amide bonds. The molecular weight excluding hydrogens is 296 g/mol. The molecule has 0 fully saturated rings. The number of aromatic nitrogens is 3. The van der Waals surface area contributed by atoms with Crippen LogP contribution in [0.25, 0.3) is 11.0 Å². The molecule has 0 radical (unpaired) electrons. The SMILES string of the molecule is O=C(NCC(=O)n1nnc2ccccc21)OCc1ccccc1. The number of nitrogens with one attached hydrogen (secondary N) is 1. The van der Waals surface area contributed by atoms with E-state index < -0.39 is 12.0 Å². The van der Waals surface area contributed by atoms with E-state index in [4.69, 9.17) is 4.74 Å². The third kappa shape index (κ3) is 3.52. The monoisotopic (exact) mass is 310 g/mol. The fourth-order valence-electron chi connectivity index (χ4n) is 2.05. The first-order chi connectivity index (χ1) is 11.2. The number of para-hydroxylation sites is 1. The van der Waals surface area contributed by atoms with Gasteiger partial charge in [-0.3, -0.25) is 4.79 Å². The van der Waals surface area contributed by atoms with Crippen molar-refractivity contribution < 1.29 is 14.3 Å². The molecule has 3 aromatic rings. The second kappa shape index (κ2) is 6.69. The number of nitrogens with zero attached hydrogens (tertiary/aromatic N) is 3. The van der Waals surface area contributed by atoms with E-state index in [1.165, 1.54) is 0 Å². The van der Waals surface area contributed by atoms with Gasteiger partial charge in [-0.05, 0) is 17.7 Å². The molecule has 23 heavy (non-hydrogen) atoms. The van der Waals surface area contributed by atoms with Crippen LogP contribution in [0.4, 0.5) is 4.79 Å². The number of carbonyl (C=O) groups is 2. The zero-order chi connectivity index (χ0) is 16.1. The standard InChI is InChI=1S/C16H14N4O3/c21-15(20-14-9-5-4-8-13(14)18-19-20)10-17-16(22)23-11-12-6-2-1-3-7-12/h1-9H,10-11H2,(H,17,22). The number of hydrogen-bond donors (Lipinski definition) is 1. The molecule has 0 saturated heterocycles. The van der Waals surface area contributed by atoms with E-state index in [2.05, 4.69) is 15.6 Å². The average Bonchev–Trinajstić information content (AvgIpc) is 3.03. The Morgan fingerprint density at radius 1 is 1.04 bits per heavy atom. The van der Waals surface area contributed by atoms with Gasteiger partial charge in [0.05, 0.1) is 5.52 Å². The summed E-state index contributed by atoms with van der Waals surface area (Å²) in [7, 11) is 0. The van der Waals surface area contributed by atoms with E-state index in [9.17, 15) is 9.59 Å². The lowest BCUT2D eigenvalue weighted by Gasteiger charge is -2.06. The molecule has 0 unspecified atom stereocenters. The highest BCUT2D eigenvalue weighted by molar-refractivity contribution is 5.91. The van der Waals surface area contributed by atoms with E-state index >= 15 is 0 Å². The van der Waals surface area contributed by atoms with Crippen molar-refractivity contribution in [2.75, 3.05) is 6.54 Å². The summed E-state index contributed by atoms with van der Waals surface area (Å²) in [5, 5.41) is 10.1. The van der Waals surface area contributed by atoms with Crippen molar-refractivity contribution in [1.82, 2.24) is 20.3 Å². The van der Waals surface area contributed by atoms with Crippen LogP contribution in [0, 0.1) is 0 Å². The van der Waals surface area contributed by atoms with Gasteiger partial charge in [-0.2, -0.15) is 4.68 Å². The van der Waals surface area contributed by atoms with E-state index in [0.717, 1.165) is 10.2 Å². The first-order valence-corrected chi connectivity index (χ1v) is 7.02. The molecule has 0 aliphatic carbocycles. The molecule has 0 atom stereocenters. The lowest BCUT2D eigenvalue weighted by molar-refractivity contribution is 0.0885. The van der Waals surface area contributed by atoms with Crippen LogP contribution >= 0.6 is 0 Å². The molecule has 0 aliphatic rings. The number of alkyl carbamates (subject to hydrolysis) is 1. The van der Waals surface area contributed by atoms with Crippen molar-refractivity contribution in [2.24, 2.45) is 0 Å².